The molecule has 0 aliphatic carbocycles. The number of nitrogens with one attached hydrogen (secondary N) is 2. The van der Waals surface area contributed by atoms with Crippen LogP contribution in [0.5, 0.6) is 0 Å². The number of aromatic nitrogens is 3. The largest absolute Gasteiger partial charge is 0.357 e. The smallest absolute Gasteiger partial charge is 0.191 e. The summed E-state index contributed by atoms with van der Waals surface area (Å²) >= 11 is 1.71. The van der Waals surface area contributed by atoms with Crippen LogP contribution < -0.4 is 10.6 Å². The molecule has 150 valence electrons. The Bertz CT molecular complexity index is 845. The zero-order chi connectivity index (χ0) is 18.9. The van der Waals surface area contributed by atoms with Gasteiger partial charge in [-0.25, -0.2) is 9.98 Å². The van der Waals surface area contributed by atoms with Crippen LogP contribution >= 0.6 is 35.3 Å². The Hall–Kier alpha value is -1.94. The van der Waals surface area contributed by atoms with E-state index in [2.05, 4.69) is 41.7 Å². The lowest BCUT2D eigenvalue weighted by Gasteiger charge is -2.11. The molecular weight excluding hydrogens is 483 g/mol. The highest BCUT2D eigenvalue weighted by molar-refractivity contribution is 14.0. The predicted molar refractivity (Wildman–Crippen MR) is 127 cm³/mol. The summed E-state index contributed by atoms with van der Waals surface area (Å²) in [4.78, 5) is 10.6. The standard InChI is InChI=1S/C20H26N6S.HI/c1-3-21-20(22-11-7-13-26-14-8-12-24-26)23-15-18-16(2)25-19(27-18)17-9-5-4-6-10-17;/h4-6,8-10,12,14H,3,7,11,13,15H2,1-2H3,(H2,21,22,23);1H. The van der Waals surface area contributed by atoms with Gasteiger partial charge in [0, 0.05) is 42.5 Å². The average molecular weight is 510 g/mol. The first-order chi connectivity index (χ1) is 13.3. The molecule has 0 saturated heterocycles. The number of thiazole rings is 1. The summed E-state index contributed by atoms with van der Waals surface area (Å²) in [7, 11) is 0. The van der Waals surface area contributed by atoms with E-state index in [1.807, 2.05) is 35.1 Å². The molecule has 2 N–H and O–H groups in total. The molecule has 2 aromatic heterocycles. The summed E-state index contributed by atoms with van der Waals surface area (Å²) in [5.41, 5.74) is 2.21. The molecule has 8 heteroatoms. The molecule has 2 heterocycles. The van der Waals surface area contributed by atoms with Crippen molar-refractivity contribution in [2.45, 2.75) is 33.4 Å². The fraction of sp³-hybridized carbons (Fsp3) is 0.350. The molecule has 0 fully saturated rings. The fourth-order valence-corrected chi connectivity index (χ4v) is 3.64. The molecule has 0 saturated carbocycles. The third kappa shape index (κ3) is 6.59. The van der Waals surface area contributed by atoms with Crippen LogP contribution in [0.4, 0.5) is 0 Å². The Morgan fingerprint density at radius 1 is 1.18 bits per heavy atom. The van der Waals surface area contributed by atoms with Crippen molar-refractivity contribution in [3.8, 4) is 10.6 Å². The van der Waals surface area contributed by atoms with Crippen LogP contribution in [0, 0.1) is 6.92 Å². The Morgan fingerprint density at radius 3 is 2.71 bits per heavy atom. The number of nitrogens with zero attached hydrogens (tertiary/aromatic N) is 4. The summed E-state index contributed by atoms with van der Waals surface area (Å²) in [5, 5.41) is 12.0. The van der Waals surface area contributed by atoms with Crippen LogP contribution in [0.25, 0.3) is 10.6 Å². The minimum absolute atomic E-state index is 0. The normalized spacial score (nSPS) is 11.1. The first-order valence-electron chi connectivity index (χ1n) is 9.27. The van der Waals surface area contributed by atoms with E-state index in [4.69, 9.17) is 9.98 Å². The van der Waals surface area contributed by atoms with Crippen molar-refractivity contribution in [2.75, 3.05) is 13.1 Å². The van der Waals surface area contributed by atoms with E-state index >= 15 is 0 Å². The van der Waals surface area contributed by atoms with Crippen LogP contribution in [0.15, 0.2) is 53.8 Å². The minimum Gasteiger partial charge on any atom is -0.357 e. The second-order valence-corrected chi connectivity index (χ2v) is 7.22. The molecule has 3 aromatic rings. The van der Waals surface area contributed by atoms with Gasteiger partial charge in [0.25, 0.3) is 0 Å². The van der Waals surface area contributed by atoms with Crippen LogP contribution in [0.2, 0.25) is 0 Å². The van der Waals surface area contributed by atoms with Crippen molar-refractivity contribution in [3.63, 3.8) is 0 Å². The zero-order valence-corrected chi connectivity index (χ0v) is 19.4. The summed E-state index contributed by atoms with van der Waals surface area (Å²) in [6.45, 7) is 7.34. The topological polar surface area (TPSA) is 67.1 Å². The van der Waals surface area contributed by atoms with Crippen molar-refractivity contribution in [3.05, 3.63) is 59.4 Å². The van der Waals surface area contributed by atoms with Gasteiger partial charge in [-0.2, -0.15) is 5.10 Å². The summed E-state index contributed by atoms with van der Waals surface area (Å²) < 4.78 is 1.94. The van der Waals surface area contributed by atoms with Crippen LogP contribution in [0.1, 0.15) is 23.9 Å². The maximum absolute atomic E-state index is 4.73. The van der Waals surface area contributed by atoms with Crippen LogP contribution in [0.3, 0.4) is 0 Å². The maximum Gasteiger partial charge on any atom is 0.191 e. The van der Waals surface area contributed by atoms with Crippen molar-refractivity contribution in [1.29, 1.82) is 0 Å². The van der Waals surface area contributed by atoms with Gasteiger partial charge in [-0.3, -0.25) is 4.68 Å². The highest BCUT2D eigenvalue weighted by Gasteiger charge is 2.09. The number of rotatable bonds is 8. The summed E-state index contributed by atoms with van der Waals surface area (Å²) in [5.74, 6) is 0.840. The molecule has 28 heavy (non-hydrogen) atoms. The quantitative estimate of drug-likeness (QED) is 0.208. The number of benzene rings is 1. The lowest BCUT2D eigenvalue weighted by atomic mass is 10.2. The summed E-state index contributed by atoms with van der Waals surface area (Å²) in [6.07, 6.45) is 4.78. The van der Waals surface area contributed by atoms with Gasteiger partial charge in [-0.1, -0.05) is 30.3 Å². The molecular formula is C20H27IN6S. The van der Waals surface area contributed by atoms with Gasteiger partial charge in [0.05, 0.1) is 12.2 Å². The van der Waals surface area contributed by atoms with Gasteiger partial charge in [-0.05, 0) is 26.3 Å². The molecule has 0 spiro atoms. The van der Waals surface area contributed by atoms with E-state index in [0.717, 1.165) is 48.3 Å². The third-order valence-corrected chi connectivity index (χ3v) is 5.25. The molecule has 0 amide bonds. The molecule has 0 atom stereocenters. The van der Waals surface area contributed by atoms with E-state index in [-0.39, 0.29) is 24.0 Å². The van der Waals surface area contributed by atoms with E-state index in [1.54, 1.807) is 17.5 Å². The van der Waals surface area contributed by atoms with Crippen LogP contribution in [-0.2, 0) is 13.1 Å². The van der Waals surface area contributed by atoms with Crippen molar-refractivity contribution >= 4 is 41.3 Å². The second-order valence-electron chi connectivity index (χ2n) is 6.14. The number of guanidine groups is 1. The Labute approximate surface area is 187 Å². The average Bonchev–Trinajstić information content (AvgIpc) is 3.33. The number of aliphatic imine (C=N–C) groups is 1. The Balaban J connectivity index is 0.00000280. The van der Waals surface area contributed by atoms with Gasteiger partial charge >= 0.3 is 0 Å². The van der Waals surface area contributed by atoms with E-state index in [1.165, 1.54) is 4.88 Å². The highest BCUT2D eigenvalue weighted by atomic mass is 127. The minimum atomic E-state index is 0. The van der Waals surface area contributed by atoms with Gasteiger partial charge < -0.3 is 10.6 Å². The monoisotopic (exact) mass is 510 g/mol. The van der Waals surface area contributed by atoms with Gasteiger partial charge in [-0.15, -0.1) is 35.3 Å². The van der Waals surface area contributed by atoms with Crippen molar-refractivity contribution in [2.24, 2.45) is 4.99 Å². The van der Waals surface area contributed by atoms with E-state index in [9.17, 15) is 0 Å². The molecule has 0 aliphatic rings. The van der Waals surface area contributed by atoms with Gasteiger partial charge in [0.2, 0.25) is 0 Å². The highest BCUT2D eigenvalue weighted by Crippen LogP contribution is 2.28. The lowest BCUT2D eigenvalue weighted by molar-refractivity contribution is 0.570. The van der Waals surface area contributed by atoms with E-state index < -0.39 is 0 Å². The third-order valence-electron chi connectivity index (χ3n) is 4.05. The first kappa shape index (κ1) is 22.4. The molecule has 6 nitrogen and oxygen atoms in total. The molecule has 3 rings (SSSR count). The van der Waals surface area contributed by atoms with Crippen LogP contribution in [-0.4, -0.2) is 33.8 Å². The second kappa shape index (κ2) is 11.8. The van der Waals surface area contributed by atoms with Crippen molar-refractivity contribution in [1.82, 2.24) is 25.4 Å². The van der Waals surface area contributed by atoms with Crippen molar-refractivity contribution < 1.29 is 0 Å². The molecule has 0 aliphatic heterocycles. The lowest BCUT2D eigenvalue weighted by Crippen LogP contribution is -2.38. The molecule has 0 bridgehead atoms. The fourth-order valence-electron chi connectivity index (χ4n) is 2.65. The SMILES string of the molecule is CCNC(=NCc1sc(-c2ccccc2)nc1C)NCCCn1cccn1.I. The number of aryl methyl sites for hydroxylation is 2. The maximum atomic E-state index is 4.73. The van der Waals surface area contributed by atoms with Gasteiger partial charge in [0.1, 0.15) is 5.01 Å². The Morgan fingerprint density at radius 2 is 2.00 bits per heavy atom. The molecule has 0 radical (unpaired) electrons. The Kier molecular flexibility index (Phi) is 9.42. The molecule has 0 unspecified atom stereocenters. The summed E-state index contributed by atoms with van der Waals surface area (Å²) in [6, 6.07) is 12.2. The van der Waals surface area contributed by atoms with E-state index in [0.29, 0.717) is 6.54 Å². The first-order valence-corrected chi connectivity index (χ1v) is 10.1. The predicted octanol–water partition coefficient (Wildman–Crippen LogP) is 4.08. The van der Waals surface area contributed by atoms with Gasteiger partial charge in [0.15, 0.2) is 5.96 Å². The zero-order valence-electron chi connectivity index (χ0n) is 16.3. The number of hydrogen-bond acceptors (Lipinski definition) is 4. The molecule has 1 aromatic carbocycles. The number of hydrogen-bond donors (Lipinski definition) is 2. The number of halogens is 1.